The maximum Gasteiger partial charge on any atom is 0.0883 e. The normalized spacial score (nSPS) is 12.0. The third kappa shape index (κ3) is 11.9. The molecule has 0 aromatic carbocycles. The second-order valence-electron chi connectivity index (χ2n) is 6.31. The molecule has 116 valence electrons. The fourth-order valence-corrected chi connectivity index (χ4v) is 3.59. The number of nitrogens with zero attached hydrogens (tertiary/aromatic N) is 1. The van der Waals surface area contributed by atoms with Crippen LogP contribution < -0.4 is 0 Å². The minimum atomic E-state index is 1.15. The van der Waals surface area contributed by atoms with Crippen molar-refractivity contribution in [3.8, 4) is 0 Å². The summed E-state index contributed by atoms with van der Waals surface area (Å²) in [5.74, 6) is 0. The van der Waals surface area contributed by atoms with Crippen LogP contribution in [-0.4, -0.2) is 36.5 Å². The zero-order chi connectivity index (χ0) is 14.4. The maximum absolute atomic E-state index is 3.64. The van der Waals surface area contributed by atoms with Crippen molar-refractivity contribution in [2.24, 2.45) is 0 Å². The first-order chi connectivity index (χ1) is 9.18. The van der Waals surface area contributed by atoms with Gasteiger partial charge in [-0.25, -0.2) is 0 Å². The zero-order valence-corrected chi connectivity index (χ0v) is 15.3. The van der Waals surface area contributed by atoms with Gasteiger partial charge in [-0.15, -0.1) is 0 Å². The van der Waals surface area contributed by atoms with E-state index in [0.29, 0.717) is 0 Å². The van der Waals surface area contributed by atoms with Crippen molar-refractivity contribution in [3.05, 3.63) is 0 Å². The molecular formula is C17H37BrN+. The summed E-state index contributed by atoms with van der Waals surface area (Å²) in [5.41, 5.74) is 0. The second-order valence-corrected chi connectivity index (χ2v) is 7.10. The van der Waals surface area contributed by atoms with Crippen molar-refractivity contribution in [2.75, 3.05) is 32.0 Å². The van der Waals surface area contributed by atoms with Crippen LogP contribution in [0.1, 0.15) is 78.1 Å². The van der Waals surface area contributed by atoms with Crippen molar-refractivity contribution in [3.63, 3.8) is 0 Å². The average Bonchev–Trinajstić information content (AvgIpc) is 2.39. The van der Waals surface area contributed by atoms with Crippen LogP contribution in [0.5, 0.6) is 0 Å². The molecule has 0 atom stereocenters. The summed E-state index contributed by atoms with van der Waals surface area (Å²) >= 11 is 3.64. The maximum atomic E-state index is 3.64. The standard InChI is InChI=1S/C17H37BrN/c1-4-6-8-10-12-15-19(3,17-14-18)16-13-11-9-7-5-2/h4-17H2,1-3H3/q+1. The average molecular weight is 335 g/mol. The molecule has 0 radical (unpaired) electrons. The van der Waals surface area contributed by atoms with Crippen molar-refractivity contribution in [1.82, 2.24) is 0 Å². The van der Waals surface area contributed by atoms with Crippen LogP contribution in [0.2, 0.25) is 0 Å². The van der Waals surface area contributed by atoms with Crippen LogP contribution in [0.25, 0.3) is 0 Å². The van der Waals surface area contributed by atoms with Gasteiger partial charge in [0.25, 0.3) is 0 Å². The summed E-state index contributed by atoms with van der Waals surface area (Å²) in [5, 5.41) is 1.15. The Morgan fingerprint density at radius 2 is 1.05 bits per heavy atom. The highest BCUT2D eigenvalue weighted by atomic mass is 79.9. The lowest BCUT2D eigenvalue weighted by atomic mass is 10.1. The molecular weight excluding hydrogens is 298 g/mol. The Kier molecular flexibility index (Phi) is 13.7. The predicted octanol–water partition coefficient (Wildman–Crippen LogP) is 5.77. The zero-order valence-electron chi connectivity index (χ0n) is 13.7. The van der Waals surface area contributed by atoms with E-state index in [2.05, 4.69) is 36.8 Å². The third-order valence-corrected chi connectivity index (χ3v) is 4.58. The number of hydrogen-bond acceptors (Lipinski definition) is 0. The first kappa shape index (κ1) is 19.4. The monoisotopic (exact) mass is 334 g/mol. The summed E-state index contributed by atoms with van der Waals surface area (Å²) < 4.78 is 1.28. The summed E-state index contributed by atoms with van der Waals surface area (Å²) in [6.07, 6.45) is 14.1. The van der Waals surface area contributed by atoms with Gasteiger partial charge in [0, 0.05) is 0 Å². The molecule has 0 heterocycles. The van der Waals surface area contributed by atoms with Gasteiger partial charge in [0.1, 0.15) is 0 Å². The number of hydrogen-bond donors (Lipinski definition) is 0. The minimum absolute atomic E-state index is 1.15. The fourth-order valence-electron chi connectivity index (χ4n) is 2.73. The van der Waals surface area contributed by atoms with Crippen LogP contribution in [0.3, 0.4) is 0 Å². The Morgan fingerprint density at radius 3 is 1.42 bits per heavy atom. The molecule has 0 aromatic rings. The summed E-state index contributed by atoms with van der Waals surface area (Å²) in [6.45, 7) is 8.64. The molecule has 0 aromatic heterocycles. The molecule has 0 aliphatic carbocycles. The fraction of sp³-hybridized carbons (Fsp3) is 1.00. The highest BCUT2D eigenvalue weighted by molar-refractivity contribution is 9.09. The van der Waals surface area contributed by atoms with Crippen LogP contribution in [-0.2, 0) is 0 Å². The van der Waals surface area contributed by atoms with Crippen molar-refractivity contribution in [2.45, 2.75) is 78.1 Å². The Balaban J connectivity index is 3.76. The molecule has 0 aliphatic heterocycles. The van der Waals surface area contributed by atoms with Crippen LogP contribution in [0.15, 0.2) is 0 Å². The van der Waals surface area contributed by atoms with Crippen LogP contribution in [0.4, 0.5) is 0 Å². The molecule has 0 N–H and O–H groups in total. The molecule has 0 unspecified atom stereocenters. The van der Waals surface area contributed by atoms with Gasteiger partial charge >= 0.3 is 0 Å². The number of unbranched alkanes of at least 4 members (excludes halogenated alkanes) is 8. The minimum Gasteiger partial charge on any atom is -0.325 e. The highest BCUT2D eigenvalue weighted by Crippen LogP contribution is 2.13. The molecule has 2 heteroatoms. The lowest BCUT2D eigenvalue weighted by Crippen LogP contribution is -2.46. The molecule has 0 rings (SSSR count). The highest BCUT2D eigenvalue weighted by Gasteiger charge is 2.19. The number of alkyl halides is 1. The van der Waals surface area contributed by atoms with E-state index in [1.54, 1.807) is 0 Å². The molecule has 0 saturated heterocycles. The third-order valence-electron chi connectivity index (χ3n) is 4.23. The molecule has 0 aliphatic rings. The molecule has 19 heavy (non-hydrogen) atoms. The van der Waals surface area contributed by atoms with Gasteiger partial charge in [0.2, 0.25) is 0 Å². The molecule has 0 amide bonds. The van der Waals surface area contributed by atoms with Gasteiger partial charge in [-0.3, -0.25) is 0 Å². The van der Waals surface area contributed by atoms with Gasteiger partial charge in [0.05, 0.1) is 32.0 Å². The molecule has 0 saturated carbocycles. The Hall–Kier alpha value is 0.440. The Morgan fingerprint density at radius 1 is 0.632 bits per heavy atom. The molecule has 0 bridgehead atoms. The lowest BCUT2D eigenvalue weighted by molar-refractivity contribution is -0.907. The summed E-state index contributed by atoms with van der Waals surface area (Å²) in [7, 11) is 2.46. The van der Waals surface area contributed by atoms with E-state index >= 15 is 0 Å². The number of halogens is 1. The van der Waals surface area contributed by atoms with Crippen molar-refractivity contribution < 1.29 is 4.48 Å². The second kappa shape index (κ2) is 13.4. The van der Waals surface area contributed by atoms with Gasteiger partial charge in [-0.2, -0.15) is 0 Å². The van der Waals surface area contributed by atoms with E-state index < -0.39 is 0 Å². The Bertz CT molecular complexity index is 168. The van der Waals surface area contributed by atoms with Crippen LogP contribution in [0, 0.1) is 0 Å². The van der Waals surface area contributed by atoms with Gasteiger partial charge in [0.15, 0.2) is 0 Å². The molecule has 0 fully saturated rings. The van der Waals surface area contributed by atoms with Crippen LogP contribution >= 0.6 is 15.9 Å². The number of quaternary nitrogens is 1. The van der Waals surface area contributed by atoms with Crippen molar-refractivity contribution in [1.29, 1.82) is 0 Å². The smallest absolute Gasteiger partial charge is 0.0883 e. The summed E-state index contributed by atoms with van der Waals surface area (Å²) in [6, 6.07) is 0. The number of rotatable bonds is 14. The largest absolute Gasteiger partial charge is 0.325 e. The van der Waals surface area contributed by atoms with Crippen molar-refractivity contribution >= 4 is 15.9 Å². The predicted molar refractivity (Wildman–Crippen MR) is 92.1 cm³/mol. The first-order valence-corrected chi connectivity index (χ1v) is 9.70. The van der Waals surface area contributed by atoms with E-state index in [1.807, 2.05) is 0 Å². The topological polar surface area (TPSA) is 0 Å². The van der Waals surface area contributed by atoms with E-state index in [9.17, 15) is 0 Å². The molecule has 0 spiro atoms. The molecule has 1 nitrogen and oxygen atoms in total. The summed E-state index contributed by atoms with van der Waals surface area (Å²) in [4.78, 5) is 0. The van der Waals surface area contributed by atoms with E-state index in [1.165, 1.54) is 88.3 Å². The quantitative estimate of drug-likeness (QED) is 0.215. The van der Waals surface area contributed by atoms with Gasteiger partial charge in [-0.05, 0) is 25.7 Å². The van der Waals surface area contributed by atoms with Gasteiger partial charge < -0.3 is 4.48 Å². The SMILES string of the molecule is CCCCCCC[N+](C)(CCBr)CCCCCCC. The van der Waals surface area contributed by atoms with E-state index in [0.717, 1.165) is 5.33 Å². The van der Waals surface area contributed by atoms with Gasteiger partial charge in [-0.1, -0.05) is 68.3 Å². The van der Waals surface area contributed by atoms with E-state index in [4.69, 9.17) is 0 Å². The lowest BCUT2D eigenvalue weighted by Gasteiger charge is -2.34. The first-order valence-electron chi connectivity index (χ1n) is 8.58. The van der Waals surface area contributed by atoms with E-state index in [-0.39, 0.29) is 0 Å². The Labute approximate surface area is 130 Å².